The Morgan fingerprint density at radius 3 is 2.62 bits per heavy atom. The van der Waals surface area contributed by atoms with Gasteiger partial charge in [0.1, 0.15) is 6.10 Å². The molecule has 7 unspecified atom stereocenters. The average Bonchev–Trinajstić information content (AvgIpc) is 3.33. The molecule has 3 saturated carbocycles. The maximum Gasteiger partial charge on any atom is 0.338 e. The van der Waals surface area contributed by atoms with Crippen molar-refractivity contribution in [1.82, 2.24) is 4.90 Å². The summed E-state index contributed by atoms with van der Waals surface area (Å²) in [6.45, 7) is 6.31. The van der Waals surface area contributed by atoms with E-state index in [0.717, 1.165) is 49.0 Å². The highest BCUT2D eigenvalue weighted by Gasteiger charge is 2.64. The van der Waals surface area contributed by atoms with E-state index in [4.69, 9.17) is 10.00 Å². The molecule has 0 radical (unpaired) electrons. The number of esters is 1. The van der Waals surface area contributed by atoms with Crippen molar-refractivity contribution in [2.24, 2.45) is 34.5 Å². The van der Waals surface area contributed by atoms with Crippen LogP contribution in [0.1, 0.15) is 81.1 Å². The molecule has 1 aromatic carbocycles. The molecule has 180 valence electrons. The Balaban J connectivity index is 1.18. The number of ether oxygens (including phenoxy) is 1. The summed E-state index contributed by atoms with van der Waals surface area (Å²) < 4.78 is 5.96. The third-order valence-corrected chi connectivity index (χ3v) is 11.2. The van der Waals surface area contributed by atoms with Crippen LogP contribution in [-0.2, 0) is 4.74 Å². The van der Waals surface area contributed by atoms with Crippen molar-refractivity contribution in [3.63, 3.8) is 0 Å². The Morgan fingerprint density at radius 1 is 1.09 bits per heavy atom. The molecule has 0 bridgehead atoms. The Hall–Kier alpha value is -2.12. The molecule has 8 atom stereocenters. The number of hydrogen-bond donors (Lipinski definition) is 0. The van der Waals surface area contributed by atoms with Crippen LogP contribution in [0.5, 0.6) is 0 Å². The normalized spacial score (nSPS) is 43.1. The number of nitriles is 1. The number of hydrogen-bond acceptors (Lipinski definition) is 4. The van der Waals surface area contributed by atoms with E-state index in [2.05, 4.69) is 37.9 Å². The van der Waals surface area contributed by atoms with Crippen LogP contribution < -0.4 is 0 Å². The van der Waals surface area contributed by atoms with Crippen LogP contribution >= 0.6 is 0 Å². The number of nitrogens with zero attached hydrogens (tertiary/aromatic N) is 2. The topological polar surface area (TPSA) is 53.3 Å². The molecule has 1 aromatic rings. The second-order valence-corrected chi connectivity index (χ2v) is 12.3. The minimum atomic E-state index is -0.261. The van der Waals surface area contributed by atoms with Gasteiger partial charge in [-0.3, -0.25) is 0 Å². The van der Waals surface area contributed by atoms with Gasteiger partial charge in [0.25, 0.3) is 0 Å². The van der Waals surface area contributed by atoms with E-state index in [9.17, 15) is 4.79 Å². The quantitative estimate of drug-likeness (QED) is 0.404. The van der Waals surface area contributed by atoms with Crippen LogP contribution in [0.3, 0.4) is 0 Å². The summed E-state index contributed by atoms with van der Waals surface area (Å²) in [4.78, 5) is 15.4. The molecule has 4 fully saturated rings. The molecule has 1 saturated heterocycles. The fourth-order valence-corrected chi connectivity index (χ4v) is 9.43. The van der Waals surface area contributed by atoms with Gasteiger partial charge in [0.15, 0.2) is 0 Å². The molecular weight excluding hydrogens is 420 g/mol. The van der Waals surface area contributed by atoms with Gasteiger partial charge in [0.2, 0.25) is 0 Å². The molecule has 1 spiro atoms. The van der Waals surface area contributed by atoms with E-state index >= 15 is 0 Å². The minimum absolute atomic E-state index is 0.0332. The maximum absolute atomic E-state index is 12.7. The first-order valence-electron chi connectivity index (χ1n) is 13.5. The molecule has 4 heteroatoms. The summed E-state index contributed by atoms with van der Waals surface area (Å²) in [5.41, 5.74) is 3.50. The van der Waals surface area contributed by atoms with Crippen LogP contribution in [0, 0.1) is 45.8 Å². The van der Waals surface area contributed by atoms with Gasteiger partial charge in [-0.15, -0.1) is 0 Å². The van der Waals surface area contributed by atoms with Crippen molar-refractivity contribution in [3.8, 4) is 6.07 Å². The van der Waals surface area contributed by atoms with E-state index in [1.54, 1.807) is 29.8 Å². The summed E-state index contributed by atoms with van der Waals surface area (Å²) in [7, 11) is 2.35. The highest BCUT2D eigenvalue weighted by molar-refractivity contribution is 5.89. The summed E-state index contributed by atoms with van der Waals surface area (Å²) in [6, 6.07) is 9.62. The number of benzene rings is 1. The lowest BCUT2D eigenvalue weighted by atomic mass is 9.47. The van der Waals surface area contributed by atoms with Gasteiger partial charge in [-0.05, 0) is 118 Å². The number of fused-ring (bicyclic) bond motifs is 4. The molecule has 4 nitrogen and oxygen atoms in total. The maximum atomic E-state index is 12.7. The number of carbonyl (C=O) groups is 1. The molecule has 1 heterocycles. The van der Waals surface area contributed by atoms with Crippen LogP contribution in [-0.4, -0.2) is 36.6 Å². The largest absolute Gasteiger partial charge is 0.458 e. The van der Waals surface area contributed by atoms with Gasteiger partial charge < -0.3 is 9.64 Å². The van der Waals surface area contributed by atoms with Crippen molar-refractivity contribution in [2.45, 2.75) is 77.4 Å². The lowest BCUT2D eigenvalue weighted by Crippen LogP contribution is -2.51. The predicted molar refractivity (Wildman–Crippen MR) is 132 cm³/mol. The zero-order valence-electron chi connectivity index (χ0n) is 20.9. The van der Waals surface area contributed by atoms with E-state index in [1.807, 2.05) is 0 Å². The molecule has 0 N–H and O–H groups in total. The highest BCUT2D eigenvalue weighted by Crippen LogP contribution is 2.68. The smallest absolute Gasteiger partial charge is 0.338 e. The van der Waals surface area contributed by atoms with Gasteiger partial charge in [-0.25, -0.2) is 4.79 Å². The fourth-order valence-electron chi connectivity index (χ4n) is 9.43. The Kier molecular flexibility index (Phi) is 5.23. The number of likely N-dealkylation sites (tertiary alicyclic amines) is 1. The van der Waals surface area contributed by atoms with Crippen molar-refractivity contribution in [2.75, 3.05) is 13.6 Å². The third-order valence-electron chi connectivity index (χ3n) is 11.2. The summed E-state index contributed by atoms with van der Waals surface area (Å²) in [5.74, 6) is 3.16. The zero-order chi connectivity index (χ0) is 23.7. The summed E-state index contributed by atoms with van der Waals surface area (Å²) in [5, 5.41) is 8.99. The van der Waals surface area contributed by atoms with Gasteiger partial charge >= 0.3 is 5.97 Å². The van der Waals surface area contributed by atoms with Gasteiger partial charge in [-0.1, -0.05) is 18.6 Å². The van der Waals surface area contributed by atoms with Gasteiger partial charge in [0, 0.05) is 19.0 Å². The second-order valence-electron chi connectivity index (χ2n) is 12.3. The lowest BCUT2D eigenvalue weighted by molar-refractivity contribution is -0.0507. The monoisotopic (exact) mass is 458 g/mol. The van der Waals surface area contributed by atoms with E-state index < -0.39 is 0 Å². The minimum Gasteiger partial charge on any atom is -0.458 e. The molecule has 0 aromatic heterocycles. The SMILES string of the molecule is CC1[C@H]2CCC3C4CC=C5CC(OC(=O)c6ccc(C#N)cc6)CCC5(C)C4CCC32CN1C. The third kappa shape index (κ3) is 3.15. The highest BCUT2D eigenvalue weighted by atomic mass is 16.5. The van der Waals surface area contributed by atoms with Gasteiger partial charge in [0.05, 0.1) is 17.2 Å². The van der Waals surface area contributed by atoms with E-state index in [-0.39, 0.29) is 17.5 Å². The van der Waals surface area contributed by atoms with E-state index in [1.165, 1.54) is 38.6 Å². The van der Waals surface area contributed by atoms with Crippen molar-refractivity contribution < 1.29 is 9.53 Å². The molecule has 5 aliphatic rings. The zero-order valence-corrected chi connectivity index (χ0v) is 20.9. The number of rotatable bonds is 2. The Labute approximate surface area is 204 Å². The summed E-state index contributed by atoms with van der Waals surface area (Å²) >= 11 is 0. The molecular formula is C30H38N2O2. The van der Waals surface area contributed by atoms with Crippen molar-refractivity contribution >= 4 is 5.97 Å². The van der Waals surface area contributed by atoms with Crippen LogP contribution in [0.25, 0.3) is 0 Å². The van der Waals surface area contributed by atoms with Crippen LogP contribution in [0.2, 0.25) is 0 Å². The molecule has 4 aliphatic carbocycles. The Morgan fingerprint density at radius 2 is 1.85 bits per heavy atom. The first-order chi connectivity index (χ1) is 16.4. The molecule has 34 heavy (non-hydrogen) atoms. The van der Waals surface area contributed by atoms with E-state index in [0.29, 0.717) is 16.5 Å². The predicted octanol–water partition coefficient (Wildman–Crippen LogP) is 5.98. The first-order valence-corrected chi connectivity index (χ1v) is 13.5. The van der Waals surface area contributed by atoms with Crippen molar-refractivity contribution in [1.29, 1.82) is 5.26 Å². The number of carbonyl (C=O) groups excluding carboxylic acids is 1. The first kappa shape index (κ1) is 22.4. The second kappa shape index (κ2) is 7.95. The number of allylic oxidation sites excluding steroid dienone is 1. The molecule has 0 amide bonds. The standard InChI is InChI=1S/C30H38N2O2/c1-19-25-10-11-27-24-9-8-22-16-23(34-28(33)21-6-4-20(17-31)5-7-21)12-14-29(22,2)26(24)13-15-30(25,27)18-32(19)3/h4-8,19,23-27H,9-16,18H2,1-3H3/t19?,23?,24?,25-,26?,27?,29?,30?/m1/s1. The molecule has 1 aliphatic heterocycles. The van der Waals surface area contributed by atoms with Crippen LogP contribution in [0.4, 0.5) is 0 Å². The average molecular weight is 459 g/mol. The van der Waals surface area contributed by atoms with Gasteiger partial charge in [-0.2, -0.15) is 5.26 Å². The summed E-state index contributed by atoms with van der Waals surface area (Å²) in [6.07, 6.45) is 12.4. The Bertz CT molecular complexity index is 1050. The molecule has 6 rings (SSSR count). The fraction of sp³-hybridized carbons (Fsp3) is 0.667. The lowest BCUT2D eigenvalue weighted by Gasteiger charge is -2.58. The van der Waals surface area contributed by atoms with Crippen LogP contribution in [0.15, 0.2) is 35.9 Å². The van der Waals surface area contributed by atoms with Crippen molar-refractivity contribution in [3.05, 3.63) is 47.0 Å².